The lowest BCUT2D eigenvalue weighted by molar-refractivity contribution is 0.296. The van der Waals surface area contributed by atoms with Crippen LogP contribution in [0.1, 0.15) is 43.0 Å². The monoisotopic (exact) mass is 326 g/mol. The van der Waals surface area contributed by atoms with E-state index in [0.717, 1.165) is 35.3 Å². The zero-order chi connectivity index (χ0) is 14.4. The van der Waals surface area contributed by atoms with Gasteiger partial charge in [0.25, 0.3) is 0 Å². The summed E-state index contributed by atoms with van der Waals surface area (Å²) >= 11 is 13.3. The first-order valence-corrected chi connectivity index (χ1v) is 8.77. The van der Waals surface area contributed by atoms with Crippen molar-refractivity contribution in [3.63, 3.8) is 0 Å². The van der Waals surface area contributed by atoms with Gasteiger partial charge in [-0.1, -0.05) is 18.0 Å². The molecule has 1 aromatic carbocycles. The van der Waals surface area contributed by atoms with Gasteiger partial charge in [0.05, 0.1) is 18.6 Å². The number of fused-ring (bicyclic) bond motifs is 3. The van der Waals surface area contributed by atoms with Crippen molar-refractivity contribution in [2.24, 2.45) is 17.8 Å². The van der Waals surface area contributed by atoms with E-state index < -0.39 is 0 Å². The van der Waals surface area contributed by atoms with Crippen LogP contribution >= 0.6 is 23.2 Å². The highest BCUT2D eigenvalue weighted by atomic mass is 35.5. The summed E-state index contributed by atoms with van der Waals surface area (Å²) < 4.78 is 11.5. The maximum atomic E-state index is 6.81. The largest absolute Gasteiger partial charge is 0.490 e. The molecule has 2 fully saturated rings. The molecule has 21 heavy (non-hydrogen) atoms. The highest BCUT2D eigenvalue weighted by Crippen LogP contribution is 2.55. The van der Waals surface area contributed by atoms with Gasteiger partial charge in [-0.25, -0.2) is 0 Å². The van der Waals surface area contributed by atoms with Gasteiger partial charge < -0.3 is 9.47 Å². The van der Waals surface area contributed by atoms with Crippen molar-refractivity contribution in [2.45, 2.75) is 37.5 Å². The Labute approximate surface area is 135 Å². The third-order valence-corrected chi connectivity index (χ3v) is 6.22. The van der Waals surface area contributed by atoms with Crippen molar-refractivity contribution in [3.05, 3.63) is 22.7 Å². The summed E-state index contributed by atoms with van der Waals surface area (Å²) in [5, 5.41) is 0.701. The van der Waals surface area contributed by atoms with Gasteiger partial charge in [0, 0.05) is 17.5 Å². The fourth-order valence-electron chi connectivity index (χ4n) is 4.29. The number of hydrogen-bond donors (Lipinski definition) is 0. The lowest BCUT2D eigenvalue weighted by Crippen LogP contribution is -2.16. The average Bonchev–Trinajstić information content (AvgIpc) is 3.04. The molecule has 0 aromatic heterocycles. The minimum atomic E-state index is -0.00930. The van der Waals surface area contributed by atoms with Gasteiger partial charge in [0.15, 0.2) is 11.5 Å². The normalized spacial score (nSPS) is 32.0. The maximum Gasteiger partial charge on any atom is 0.162 e. The predicted octanol–water partition coefficient (Wildman–Crippen LogP) is 5.22. The predicted molar refractivity (Wildman–Crippen MR) is 84.6 cm³/mol. The van der Waals surface area contributed by atoms with Crippen LogP contribution in [0.2, 0.25) is 5.02 Å². The Kier molecular flexibility index (Phi) is 3.71. The molecule has 0 amide bonds. The fourth-order valence-corrected chi connectivity index (χ4v) is 5.11. The van der Waals surface area contributed by atoms with Gasteiger partial charge in [-0.3, -0.25) is 0 Å². The summed E-state index contributed by atoms with van der Waals surface area (Å²) in [6.45, 7) is 1.37. The summed E-state index contributed by atoms with van der Waals surface area (Å²) in [6.07, 6.45) is 6.23. The van der Waals surface area contributed by atoms with Crippen molar-refractivity contribution in [3.8, 4) is 11.5 Å². The van der Waals surface area contributed by atoms with Crippen LogP contribution in [0.15, 0.2) is 12.1 Å². The molecule has 114 valence electrons. The number of benzene rings is 1. The first-order valence-electron chi connectivity index (χ1n) is 7.95. The van der Waals surface area contributed by atoms with Crippen LogP contribution in [0.5, 0.6) is 11.5 Å². The Morgan fingerprint density at radius 1 is 1.05 bits per heavy atom. The Hall–Kier alpha value is -0.600. The highest BCUT2D eigenvalue weighted by Gasteiger charge is 2.43. The molecule has 1 aliphatic heterocycles. The van der Waals surface area contributed by atoms with Gasteiger partial charge in [0.1, 0.15) is 0 Å². The number of halogens is 2. The number of rotatable bonds is 2. The van der Waals surface area contributed by atoms with Crippen LogP contribution in [0, 0.1) is 17.8 Å². The molecular weight excluding hydrogens is 307 g/mol. The van der Waals surface area contributed by atoms with Crippen molar-refractivity contribution in [1.29, 1.82) is 0 Å². The third kappa shape index (κ3) is 2.51. The van der Waals surface area contributed by atoms with Gasteiger partial charge in [-0.05, 0) is 48.6 Å². The Morgan fingerprint density at radius 2 is 1.81 bits per heavy atom. The van der Waals surface area contributed by atoms with Crippen LogP contribution in [0.25, 0.3) is 0 Å². The molecule has 0 N–H and O–H groups in total. The zero-order valence-corrected chi connectivity index (χ0v) is 13.5. The summed E-state index contributed by atoms with van der Waals surface area (Å²) in [5.41, 5.74) is 1.01. The molecule has 4 heteroatoms. The zero-order valence-electron chi connectivity index (χ0n) is 12.0. The molecule has 2 aliphatic carbocycles. The average molecular weight is 327 g/mol. The van der Waals surface area contributed by atoms with Gasteiger partial charge in [-0.2, -0.15) is 0 Å². The van der Waals surface area contributed by atoms with E-state index in [9.17, 15) is 0 Å². The Morgan fingerprint density at radius 3 is 2.48 bits per heavy atom. The minimum absolute atomic E-state index is 0.00930. The maximum absolute atomic E-state index is 6.81. The second-order valence-corrected chi connectivity index (χ2v) is 7.49. The van der Waals surface area contributed by atoms with Gasteiger partial charge in [-0.15, -0.1) is 11.6 Å². The SMILES string of the molecule is Clc1cc2c(cc1C(Cl)C1CC3CCC1C3)OCCCO2. The molecule has 2 saturated carbocycles. The minimum Gasteiger partial charge on any atom is -0.490 e. The second-order valence-electron chi connectivity index (χ2n) is 6.61. The molecule has 4 rings (SSSR count). The van der Waals surface area contributed by atoms with Gasteiger partial charge in [0.2, 0.25) is 0 Å². The molecule has 3 aliphatic rings. The lowest BCUT2D eigenvalue weighted by atomic mass is 9.84. The van der Waals surface area contributed by atoms with E-state index in [-0.39, 0.29) is 5.38 Å². The molecular formula is C17H20Cl2O2. The number of alkyl halides is 1. The van der Waals surface area contributed by atoms with Crippen molar-refractivity contribution in [2.75, 3.05) is 13.2 Å². The van der Waals surface area contributed by atoms with Crippen LogP contribution < -0.4 is 9.47 Å². The van der Waals surface area contributed by atoms with Gasteiger partial charge >= 0.3 is 0 Å². The summed E-state index contributed by atoms with van der Waals surface area (Å²) in [5.74, 6) is 3.77. The Bertz CT molecular complexity index is 546. The molecule has 2 nitrogen and oxygen atoms in total. The number of hydrogen-bond acceptors (Lipinski definition) is 2. The van der Waals surface area contributed by atoms with E-state index in [4.69, 9.17) is 32.7 Å². The van der Waals surface area contributed by atoms with Crippen molar-refractivity contribution < 1.29 is 9.47 Å². The van der Waals surface area contributed by atoms with Crippen molar-refractivity contribution >= 4 is 23.2 Å². The van der Waals surface area contributed by atoms with Crippen LogP contribution in [0.3, 0.4) is 0 Å². The van der Waals surface area contributed by atoms with Crippen LogP contribution in [-0.2, 0) is 0 Å². The molecule has 0 spiro atoms. The standard InChI is InChI=1S/C17H20Cl2O2/c18-14-9-16-15(20-4-1-5-21-16)8-13(14)17(19)12-7-10-2-3-11(12)6-10/h8-12,17H,1-7H2. The van der Waals surface area contributed by atoms with E-state index in [1.807, 2.05) is 12.1 Å². The first kappa shape index (κ1) is 14.0. The van der Waals surface area contributed by atoms with Crippen LogP contribution in [0.4, 0.5) is 0 Å². The van der Waals surface area contributed by atoms with Crippen molar-refractivity contribution in [1.82, 2.24) is 0 Å². The van der Waals surface area contributed by atoms with Crippen LogP contribution in [-0.4, -0.2) is 13.2 Å². The highest BCUT2D eigenvalue weighted by molar-refractivity contribution is 6.33. The van der Waals surface area contributed by atoms with E-state index in [2.05, 4.69) is 0 Å². The molecule has 0 radical (unpaired) electrons. The van der Waals surface area contributed by atoms with E-state index >= 15 is 0 Å². The van der Waals surface area contributed by atoms with E-state index in [0.29, 0.717) is 24.2 Å². The fraction of sp³-hybridized carbons (Fsp3) is 0.647. The number of ether oxygens (including phenoxy) is 2. The Balaban J connectivity index is 1.63. The van der Waals surface area contributed by atoms with E-state index in [1.165, 1.54) is 25.7 Å². The molecule has 4 unspecified atom stereocenters. The first-order chi connectivity index (χ1) is 10.2. The molecule has 2 bridgehead atoms. The second kappa shape index (κ2) is 5.55. The summed E-state index contributed by atoms with van der Waals surface area (Å²) in [7, 11) is 0. The molecule has 1 heterocycles. The molecule has 1 aromatic rings. The van der Waals surface area contributed by atoms with E-state index in [1.54, 1.807) is 0 Å². The quantitative estimate of drug-likeness (QED) is 0.694. The third-order valence-electron chi connectivity index (χ3n) is 5.33. The lowest BCUT2D eigenvalue weighted by Gasteiger charge is -2.27. The molecule has 0 saturated heterocycles. The molecule has 4 atom stereocenters. The smallest absolute Gasteiger partial charge is 0.162 e. The summed E-state index contributed by atoms with van der Waals surface area (Å²) in [6, 6.07) is 3.88. The topological polar surface area (TPSA) is 18.5 Å². The summed E-state index contributed by atoms with van der Waals surface area (Å²) in [4.78, 5) is 0.